The van der Waals surface area contributed by atoms with Gasteiger partial charge in [0, 0.05) is 11.4 Å². The summed E-state index contributed by atoms with van der Waals surface area (Å²) in [6, 6.07) is 25.0. The quantitative estimate of drug-likeness (QED) is 0.215. The third-order valence-electron chi connectivity index (χ3n) is 7.17. The Balaban J connectivity index is 1.58. The number of alkyl halides is 3. The summed E-state index contributed by atoms with van der Waals surface area (Å²) in [6.07, 6.45) is -4.51. The van der Waals surface area contributed by atoms with E-state index in [0.29, 0.717) is 34.3 Å². The van der Waals surface area contributed by atoms with Gasteiger partial charge in [0.25, 0.3) is 0 Å². The fourth-order valence-corrected chi connectivity index (χ4v) is 5.04. The molecule has 1 aliphatic heterocycles. The van der Waals surface area contributed by atoms with Gasteiger partial charge < -0.3 is 0 Å². The number of aromatic nitrogens is 4. The second-order valence-electron chi connectivity index (χ2n) is 10.3. The smallest absolute Gasteiger partial charge is 0.273 e. The van der Waals surface area contributed by atoms with Crippen LogP contribution in [-0.2, 0) is 6.18 Å². The van der Waals surface area contributed by atoms with Crippen LogP contribution in [0.4, 0.5) is 47.8 Å². The largest absolute Gasteiger partial charge is 0.416 e. The minimum atomic E-state index is -4.51. The van der Waals surface area contributed by atoms with Crippen molar-refractivity contribution >= 4 is 56.7 Å². The summed E-state index contributed by atoms with van der Waals surface area (Å²) in [4.78, 5) is 23.5. The molecule has 202 valence electrons. The Morgan fingerprint density at radius 2 is 0.854 bits per heavy atom. The normalized spacial score (nSPS) is 13.0. The molecular formula is C32H23F3N6. The van der Waals surface area contributed by atoms with Crippen molar-refractivity contribution in [1.29, 1.82) is 0 Å². The maximum Gasteiger partial charge on any atom is 0.416 e. The van der Waals surface area contributed by atoms with Gasteiger partial charge in [-0.05, 0) is 80.9 Å². The molecule has 6 nitrogen and oxygen atoms in total. The molecule has 0 spiro atoms. The SMILES string of the molecule is Cc1ccc(N2c3nc4ccc(C(F)(F)F)cc4nc3N(c3ccc(C)cc3)c3nc4ccc(C)cc4nc32)cc1. The van der Waals surface area contributed by atoms with Crippen LogP contribution in [0.5, 0.6) is 0 Å². The lowest BCUT2D eigenvalue weighted by atomic mass is 10.1. The molecule has 0 saturated heterocycles. The first-order chi connectivity index (χ1) is 19.7. The van der Waals surface area contributed by atoms with Crippen molar-refractivity contribution < 1.29 is 13.2 Å². The van der Waals surface area contributed by atoms with Crippen LogP contribution in [0, 0.1) is 20.8 Å². The van der Waals surface area contributed by atoms with E-state index in [2.05, 4.69) is 0 Å². The highest BCUT2D eigenvalue weighted by molar-refractivity contribution is 6.00. The van der Waals surface area contributed by atoms with Crippen LogP contribution in [0.25, 0.3) is 22.1 Å². The molecular weight excluding hydrogens is 525 g/mol. The van der Waals surface area contributed by atoms with Crippen LogP contribution in [0.3, 0.4) is 0 Å². The molecule has 9 heteroatoms. The minimum absolute atomic E-state index is 0.132. The van der Waals surface area contributed by atoms with E-state index in [1.165, 1.54) is 6.07 Å². The molecule has 0 unspecified atom stereocenters. The zero-order chi connectivity index (χ0) is 28.5. The number of fused-ring (bicyclic) bond motifs is 4. The summed E-state index contributed by atoms with van der Waals surface area (Å²) in [5.41, 5.74) is 5.80. The molecule has 6 aromatic rings. The Bertz CT molecular complexity index is 1970. The van der Waals surface area contributed by atoms with Crippen LogP contribution in [-0.4, -0.2) is 19.9 Å². The van der Waals surface area contributed by atoms with Crippen molar-refractivity contribution in [3.8, 4) is 0 Å². The first-order valence-corrected chi connectivity index (χ1v) is 13.1. The Morgan fingerprint density at radius 3 is 1.32 bits per heavy atom. The summed E-state index contributed by atoms with van der Waals surface area (Å²) in [5.74, 6) is 1.84. The van der Waals surface area contributed by atoms with Crippen LogP contribution in [0.15, 0.2) is 84.9 Å². The van der Waals surface area contributed by atoms with Crippen molar-refractivity contribution in [2.75, 3.05) is 9.80 Å². The van der Waals surface area contributed by atoms with E-state index in [0.717, 1.165) is 45.7 Å². The van der Waals surface area contributed by atoms with Crippen molar-refractivity contribution in [3.63, 3.8) is 0 Å². The third-order valence-corrected chi connectivity index (χ3v) is 7.17. The standard InChI is InChI=1S/C32H23F3N6/c1-18-4-10-22(11-5-18)40-29-31(39-27-17-21(32(33,34)35)9-15-25(27)37-29)41(23-12-6-19(2)7-13-23)28-30(40)38-26-16-20(3)8-14-24(26)36-28/h4-17H,1-3H3. The van der Waals surface area contributed by atoms with E-state index in [1.807, 2.05) is 97.3 Å². The predicted molar refractivity (Wildman–Crippen MR) is 155 cm³/mol. The summed E-state index contributed by atoms with van der Waals surface area (Å²) in [7, 11) is 0. The van der Waals surface area contributed by atoms with Gasteiger partial charge in [0.15, 0.2) is 23.3 Å². The van der Waals surface area contributed by atoms with Crippen molar-refractivity contribution in [3.05, 3.63) is 107 Å². The van der Waals surface area contributed by atoms with E-state index >= 15 is 0 Å². The van der Waals surface area contributed by atoms with E-state index in [-0.39, 0.29) is 5.52 Å². The average Bonchev–Trinajstić information content (AvgIpc) is 2.94. The molecule has 0 fully saturated rings. The van der Waals surface area contributed by atoms with E-state index in [9.17, 15) is 13.2 Å². The van der Waals surface area contributed by atoms with E-state index in [4.69, 9.17) is 19.9 Å². The summed E-state index contributed by atoms with van der Waals surface area (Å²) < 4.78 is 40.9. The number of halogens is 3. The fourth-order valence-electron chi connectivity index (χ4n) is 5.04. The third kappa shape index (κ3) is 4.21. The molecule has 0 N–H and O–H groups in total. The van der Waals surface area contributed by atoms with Gasteiger partial charge in [-0.3, -0.25) is 9.80 Å². The molecule has 0 saturated carbocycles. The van der Waals surface area contributed by atoms with Gasteiger partial charge >= 0.3 is 6.18 Å². The van der Waals surface area contributed by atoms with Gasteiger partial charge in [-0.15, -0.1) is 0 Å². The van der Waals surface area contributed by atoms with Gasteiger partial charge in [-0.1, -0.05) is 41.5 Å². The van der Waals surface area contributed by atoms with E-state index < -0.39 is 11.7 Å². The number of nitrogens with zero attached hydrogens (tertiary/aromatic N) is 6. The van der Waals surface area contributed by atoms with Crippen LogP contribution in [0.2, 0.25) is 0 Å². The Hall–Kier alpha value is -5.05. The van der Waals surface area contributed by atoms with E-state index in [1.54, 1.807) is 0 Å². The monoisotopic (exact) mass is 548 g/mol. The number of anilines is 6. The van der Waals surface area contributed by atoms with Crippen molar-refractivity contribution in [2.24, 2.45) is 0 Å². The first kappa shape index (κ1) is 25.0. The first-order valence-electron chi connectivity index (χ1n) is 13.1. The number of aryl methyl sites for hydroxylation is 3. The van der Waals surface area contributed by atoms with Crippen LogP contribution < -0.4 is 9.80 Å². The highest BCUT2D eigenvalue weighted by atomic mass is 19.4. The minimum Gasteiger partial charge on any atom is -0.273 e. The Labute approximate surface area is 233 Å². The molecule has 2 aromatic heterocycles. The molecule has 3 heterocycles. The average molecular weight is 549 g/mol. The highest BCUT2D eigenvalue weighted by Crippen LogP contribution is 2.52. The molecule has 0 aliphatic carbocycles. The van der Waals surface area contributed by atoms with Crippen molar-refractivity contribution in [2.45, 2.75) is 26.9 Å². The van der Waals surface area contributed by atoms with Crippen LogP contribution >= 0.6 is 0 Å². The number of rotatable bonds is 2. The molecule has 1 aliphatic rings. The topological polar surface area (TPSA) is 58.0 Å². The molecule has 0 bridgehead atoms. The molecule has 0 radical (unpaired) electrons. The zero-order valence-electron chi connectivity index (χ0n) is 22.4. The van der Waals surface area contributed by atoms with Crippen LogP contribution in [0.1, 0.15) is 22.3 Å². The lowest BCUT2D eigenvalue weighted by Gasteiger charge is -2.37. The van der Waals surface area contributed by atoms with Gasteiger partial charge in [0.1, 0.15) is 0 Å². The summed E-state index contributed by atoms with van der Waals surface area (Å²) in [5, 5.41) is 0. The lowest BCUT2D eigenvalue weighted by molar-refractivity contribution is -0.137. The maximum absolute atomic E-state index is 13.6. The predicted octanol–water partition coefficient (Wildman–Crippen LogP) is 8.77. The van der Waals surface area contributed by atoms with Gasteiger partial charge in [-0.2, -0.15) is 13.2 Å². The number of benzene rings is 4. The maximum atomic E-state index is 13.6. The van der Waals surface area contributed by atoms with Gasteiger partial charge in [0.05, 0.1) is 27.6 Å². The molecule has 7 rings (SSSR count). The van der Waals surface area contributed by atoms with Gasteiger partial charge in [-0.25, -0.2) is 19.9 Å². The molecule has 0 amide bonds. The second kappa shape index (κ2) is 8.99. The second-order valence-corrected chi connectivity index (χ2v) is 10.3. The number of hydrogen-bond donors (Lipinski definition) is 0. The highest BCUT2D eigenvalue weighted by Gasteiger charge is 2.37. The number of hydrogen-bond acceptors (Lipinski definition) is 6. The Kier molecular flexibility index (Phi) is 5.47. The fraction of sp³-hybridized carbons (Fsp3) is 0.125. The Morgan fingerprint density at radius 1 is 0.463 bits per heavy atom. The molecule has 41 heavy (non-hydrogen) atoms. The summed E-state index contributed by atoms with van der Waals surface area (Å²) in [6.45, 7) is 5.99. The molecule has 0 atom stereocenters. The van der Waals surface area contributed by atoms with Gasteiger partial charge in [0.2, 0.25) is 0 Å². The summed E-state index contributed by atoms with van der Waals surface area (Å²) >= 11 is 0. The zero-order valence-corrected chi connectivity index (χ0v) is 22.4. The van der Waals surface area contributed by atoms with Crippen molar-refractivity contribution in [1.82, 2.24) is 19.9 Å². The molecule has 4 aromatic carbocycles. The lowest BCUT2D eigenvalue weighted by Crippen LogP contribution is -2.28.